The van der Waals surface area contributed by atoms with E-state index in [4.69, 9.17) is 0 Å². The summed E-state index contributed by atoms with van der Waals surface area (Å²) in [6.07, 6.45) is 4.61. The maximum Gasteiger partial charge on any atom is 0.240 e. The van der Waals surface area contributed by atoms with E-state index in [0.29, 0.717) is 13.1 Å². The number of nitrogens with zero attached hydrogens (tertiary/aromatic N) is 3. The van der Waals surface area contributed by atoms with Crippen molar-refractivity contribution in [3.05, 3.63) is 0 Å². The van der Waals surface area contributed by atoms with E-state index in [-0.39, 0.29) is 24.4 Å². The summed E-state index contributed by atoms with van der Waals surface area (Å²) in [6.45, 7) is 3.32. The normalized spacial score (nSPS) is 23.8. The number of carbonyl (C=O) groups is 2. The Morgan fingerprint density at radius 2 is 2.10 bits per heavy atom. The highest BCUT2D eigenvalue weighted by Gasteiger charge is 2.41. The van der Waals surface area contributed by atoms with Gasteiger partial charge >= 0.3 is 0 Å². The lowest BCUT2D eigenvalue weighted by molar-refractivity contribution is -0.141. The summed E-state index contributed by atoms with van der Waals surface area (Å²) in [4.78, 5) is 27.7. The van der Waals surface area contributed by atoms with Gasteiger partial charge in [-0.05, 0) is 19.8 Å². The summed E-state index contributed by atoms with van der Waals surface area (Å²) in [5, 5.41) is 12.3. The Bertz CT molecular complexity index is 451. The zero-order valence-electron chi connectivity index (χ0n) is 12.9. The maximum atomic E-state index is 12.7. The van der Waals surface area contributed by atoms with E-state index in [0.717, 1.165) is 32.1 Å². The Morgan fingerprint density at radius 1 is 1.43 bits per heavy atom. The van der Waals surface area contributed by atoms with Crippen LogP contribution in [0, 0.1) is 11.3 Å². The van der Waals surface area contributed by atoms with Gasteiger partial charge in [0.25, 0.3) is 0 Å². The fourth-order valence-electron chi connectivity index (χ4n) is 3.30. The highest BCUT2D eigenvalue weighted by molar-refractivity contribution is 5.84. The van der Waals surface area contributed by atoms with Gasteiger partial charge in [0, 0.05) is 20.1 Å². The van der Waals surface area contributed by atoms with E-state index in [9.17, 15) is 14.9 Å². The van der Waals surface area contributed by atoms with Crippen LogP contribution in [0.2, 0.25) is 0 Å². The van der Waals surface area contributed by atoms with Crippen molar-refractivity contribution >= 4 is 11.8 Å². The van der Waals surface area contributed by atoms with Crippen LogP contribution in [0.4, 0.5) is 0 Å². The Hall–Kier alpha value is -1.61. The fourth-order valence-corrected chi connectivity index (χ4v) is 3.30. The second kappa shape index (κ2) is 6.44. The van der Waals surface area contributed by atoms with Gasteiger partial charge in [0.1, 0.15) is 5.54 Å². The van der Waals surface area contributed by atoms with Crippen LogP contribution in [0.3, 0.4) is 0 Å². The van der Waals surface area contributed by atoms with Crippen LogP contribution >= 0.6 is 0 Å². The van der Waals surface area contributed by atoms with Gasteiger partial charge in [0.05, 0.1) is 18.7 Å². The van der Waals surface area contributed by atoms with Crippen LogP contribution in [-0.2, 0) is 9.59 Å². The Balaban J connectivity index is 2.07. The predicted octanol–water partition coefficient (Wildman–Crippen LogP) is 0.492. The van der Waals surface area contributed by atoms with E-state index in [1.807, 2.05) is 11.8 Å². The van der Waals surface area contributed by atoms with E-state index in [1.54, 1.807) is 11.9 Å². The monoisotopic (exact) mass is 292 g/mol. The minimum absolute atomic E-state index is 0.0452. The topological polar surface area (TPSA) is 76.4 Å². The largest absolute Gasteiger partial charge is 0.354 e. The van der Waals surface area contributed by atoms with Crippen LogP contribution in [0.1, 0.15) is 39.0 Å². The van der Waals surface area contributed by atoms with Crippen molar-refractivity contribution < 1.29 is 9.59 Å². The molecule has 0 spiro atoms. The average Bonchev–Trinajstić information content (AvgIpc) is 2.53. The number of amides is 2. The lowest BCUT2D eigenvalue weighted by Crippen LogP contribution is -2.59. The molecule has 1 aliphatic heterocycles. The molecule has 0 aromatic heterocycles. The summed E-state index contributed by atoms with van der Waals surface area (Å²) < 4.78 is 0. The van der Waals surface area contributed by atoms with E-state index in [1.165, 1.54) is 0 Å². The third kappa shape index (κ3) is 3.18. The molecule has 116 valence electrons. The number of hydrogen-bond donors (Lipinski definition) is 1. The molecular formula is C15H24N4O2. The minimum atomic E-state index is -0.665. The average molecular weight is 292 g/mol. The number of piperazine rings is 1. The van der Waals surface area contributed by atoms with Gasteiger partial charge < -0.3 is 10.2 Å². The van der Waals surface area contributed by atoms with E-state index < -0.39 is 5.54 Å². The first-order chi connectivity index (χ1) is 10.00. The first-order valence-corrected chi connectivity index (χ1v) is 7.70. The number of carbonyl (C=O) groups excluding carboxylic acids is 2. The molecule has 1 N–H and O–H groups in total. The number of rotatable bonds is 3. The van der Waals surface area contributed by atoms with Crippen molar-refractivity contribution in [1.29, 1.82) is 5.26 Å². The van der Waals surface area contributed by atoms with Crippen LogP contribution in [0.5, 0.6) is 0 Å². The minimum Gasteiger partial charge on any atom is -0.354 e. The summed E-state index contributed by atoms with van der Waals surface area (Å²) in [5.41, 5.74) is -0.665. The molecule has 21 heavy (non-hydrogen) atoms. The van der Waals surface area contributed by atoms with Gasteiger partial charge in [0.15, 0.2) is 0 Å². The lowest BCUT2D eigenvalue weighted by atomic mass is 9.81. The molecule has 0 aromatic carbocycles. The molecule has 0 aromatic rings. The van der Waals surface area contributed by atoms with Crippen LogP contribution in [-0.4, -0.2) is 59.9 Å². The third-order valence-electron chi connectivity index (χ3n) is 4.83. The molecule has 1 saturated carbocycles. The van der Waals surface area contributed by atoms with Crippen molar-refractivity contribution in [2.45, 2.75) is 50.6 Å². The smallest absolute Gasteiger partial charge is 0.240 e. The standard InChI is InChI=1S/C15H24N4O2/c1-12(19-9-8-17-13(20)10-19)14(21)18(2)15(11-16)6-4-3-5-7-15/h12H,3-10H2,1-2H3,(H,17,20)/t12-/m1/s1. The summed E-state index contributed by atoms with van der Waals surface area (Å²) >= 11 is 0. The van der Waals surface area contributed by atoms with Crippen LogP contribution in [0.25, 0.3) is 0 Å². The highest BCUT2D eigenvalue weighted by Crippen LogP contribution is 2.33. The highest BCUT2D eigenvalue weighted by atomic mass is 16.2. The van der Waals surface area contributed by atoms with Crippen LogP contribution < -0.4 is 5.32 Å². The Labute approximate surface area is 126 Å². The summed E-state index contributed by atoms with van der Waals surface area (Å²) in [6, 6.07) is 2.00. The molecule has 1 atom stereocenters. The lowest BCUT2D eigenvalue weighted by Gasteiger charge is -2.42. The quantitative estimate of drug-likeness (QED) is 0.821. The zero-order chi connectivity index (χ0) is 15.5. The molecule has 2 fully saturated rings. The second-order valence-electron chi connectivity index (χ2n) is 6.10. The van der Waals surface area contributed by atoms with Crippen molar-refractivity contribution in [1.82, 2.24) is 15.1 Å². The predicted molar refractivity (Wildman–Crippen MR) is 78.2 cm³/mol. The van der Waals surface area contributed by atoms with E-state index >= 15 is 0 Å². The molecule has 1 saturated heterocycles. The van der Waals surface area contributed by atoms with Gasteiger partial charge in [-0.2, -0.15) is 5.26 Å². The number of nitriles is 1. The molecule has 1 heterocycles. The van der Waals surface area contributed by atoms with Crippen molar-refractivity contribution in [3.8, 4) is 6.07 Å². The van der Waals surface area contributed by atoms with Gasteiger partial charge in [-0.1, -0.05) is 19.3 Å². The maximum absolute atomic E-state index is 12.7. The molecular weight excluding hydrogens is 268 g/mol. The van der Waals surface area contributed by atoms with Crippen molar-refractivity contribution in [2.75, 3.05) is 26.7 Å². The SMILES string of the molecule is C[C@H](C(=O)N(C)C1(C#N)CCCCC1)N1CCNC(=O)C1. The first kappa shape index (κ1) is 15.8. The van der Waals surface area contributed by atoms with E-state index in [2.05, 4.69) is 11.4 Å². The fraction of sp³-hybridized carbons (Fsp3) is 0.800. The number of nitrogens with one attached hydrogen (secondary N) is 1. The van der Waals surface area contributed by atoms with Crippen molar-refractivity contribution in [2.24, 2.45) is 0 Å². The summed E-state index contributed by atoms with van der Waals surface area (Å²) in [5.74, 6) is -0.107. The van der Waals surface area contributed by atoms with Crippen molar-refractivity contribution in [3.63, 3.8) is 0 Å². The molecule has 2 aliphatic rings. The molecule has 6 nitrogen and oxygen atoms in total. The zero-order valence-corrected chi connectivity index (χ0v) is 12.9. The van der Waals surface area contributed by atoms with Gasteiger partial charge in [-0.25, -0.2) is 0 Å². The van der Waals surface area contributed by atoms with Gasteiger partial charge in [-0.3, -0.25) is 14.5 Å². The molecule has 1 aliphatic carbocycles. The number of likely N-dealkylation sites (N-methyl/N-ethyl adjacent to an activating group) is 1. The number of hydrogen-bond acceptors (Lipinski definition) is 4. The molecule has 0 bridgehead atoms. The van der Waals surface area contributed by atoms with Crippen LogP contribution in [0.15, 0.2) is 0 Å². The molecule has 2 rings (SSSR count). The summed E-state index contributed by atoms with van der Waals surface area (Å²) in [7, 11) is 1.73. The first-order valence-electron chi connectivity index (χ1n) is 7.70. The molecule has 2 amide bonds. The van der Waals surface area contributed by atoms with Gasteiger partial charge in [0.2, 0.25) is 11.8 Å². The third-order valence-corrected chi connectivity index (χ3v) is 4.83. The van der Waals surface area contributed by atoms with Gasteiger partial charge in [-0.15, -0.1) is 0 Å². The molecule has 0 radical (unpaired) electrons. The second-order valence-corrected chi connectivity index (χ2v) is 6.10. The molecule has 6 heteroatoms. The Kier molecular flexibility index (Phi) is 4.84. The molecule has 0 unspecified atom stereocenters. The Morgan fingerprint density at radius 3 is 2.67 bits per heavy atom.